The maximum absolute atomic E-state index is 13.3. The van der Waals surface area contributed by atoms with Crippen molar-refractivity contribution in [3.8, 4) is 0 Å². The van der Waals surface area contributed by atoms with Crippen molar-refractivity contribution >= 4 is 11.7 Å². The molecule has 148 valence electrons. The predicted octanol–water partition coefficient (Wildman–Crippen LogP) is 3.76. The zero-order valence-corrected chi connectivity index (χ0v) is 16.7. The highest BCUT2D eigenvalue weighted by Gasteiger charge is 2.53. The number of likely N-dealkylation sites (tertiary alicyclic amines) is 1. The van der Waals surface area contributed by atoms with E-state index in [4.69, 9.17) is 0 Å². The SMILES string of the molecule is CCCCN1C(=O)[C@H](C(=O)C2(O)CCCCC2)[C@@H](C)[C@@H]1Cc1ccccc1. The van der Waals surface area contributed by atoms with E-state index in [2.05, 4.69) is 19.1 Å². The Balaban J connectivity index is 1.84. The average molecular weight is 372 g/mol. The minimum atomic E-state index is -1.30. The fourth-order valence-corrected chi connectivity index (χ4v) is 4.85. The molecule has 27 heavy (non-hydrogen) atoms. The quantitative estimate of drug-likeness (QED) is 0.743. The van der Waals surface area contributed by atoms with Gasteiger partial charge in [-0.2, -0.15) is 0 Å². The number of carbonyl (C=O) groups excluding carboxylic acids is 2. The number of carbonyl (C=O) groups is 2. The Labute approximate surface area is 163 Å². The lowest BCUT2D eigenvalue weighted by molar-refractivity contribution is -0.151. The minimum Gasteiger partial charge on any atom is -0.382 e. The van der Waals surface area contributed by atoms with Crippen LogP contribution in [0.25, 0.3) is 0 Å². The molecular weight excluding hydrogens is 338 g/mol. The number of hydrogen-bond donors (Lipinski definition) is 1. The van der Waals surface area contributed by atoms with Crippen molar-refractivity contribution in [1.82, 2.24) is 4.90 Å². The van der Waals surface area contributed by atoms with Crippen LogP contribution >= 0.6 is 0 Å². The molecule has 1 aliphatic heterocycles. The fraction of sp³-hybridized carbons (Fsp3) is 0.652. The second-order valence-electron chi connectivity index (χ2n) is 8.44. The highest BCUT2D eigenvalue weighted by atomic mass is 16.3. The summed E-state index contributed by atoms with van der Waals surface area (Å²) in [4.78, 5) is 28.4. The van der Waals surface area contributed by atoms with Gasteiger partial charge in [-0.1, -0.05) is 69.9 Å². The van der Waals surface area contributed by atoms with Gasteiger partial charge < -0.3 is 10.0 Å². The summed E-state index contributed by atoms with van der Waals surface area (Å²) < 4.78 is 0. The molecule has 0 aromatic heterocycles. The average Bonchev–Trinajstić information content (AvgIpc) is 2.90. The molecule has 1 aliphatic carbocycles. The number of nitrogens with zero attached hydrogens (tertiary/aromatic N) is 1. The van der Waals surface area contributed by atoms with Crippen molar-refractivity contribution in [3.05, 3.63) is 35.9 Å². The highest BCUT2D eigenvalue weighted by molar-refractivity contribution is 6.07. The smallest absolute Gasteiger partial charge is 0.233 e. The Morgan fingerprint density at radius 3 is 2.48 bits per heavy atom. The van der Waals surface area contributed by atoms with Gasteiger partial charge in [0.25, 0.3) is 0 Å². The van der Waals surface area contributed by atoms with Gasteiger partial charge in [0.1, 0.15) is 11.5 Å². The summed E-state index contributed by atoms with van der Waals surface area (Å²) in [5, 5.41) is 11.0. The maximum Gasteiger partial charge on any atom is 0.233 e. The first-order valence-electron chi connectivity index (χ1n) is 10.6. The second kappa shape index (κ2) is 8.55. The van der Waals surface area contributed by atoms with Gasteiger partial charge in [0.15, 0.2) is 5.78 Å². The summed E-state index contributed by atoms with van der Waals surface area (Å²) in [6.45, 7) is 4.83. The molecule has 0 spiro atoms. The van der Waals surface area contributed by atoms with Crippen molar-refractivity contribution in [2.45, 2.75) is 76.9 Å². The number of hydrogen-bond acceptors (Lipinski definition) is 3. The zero-order chi connectivity index (χ0) is 19.4. The standard InChI is InChI=1S/C23H33NO3/c1-3-4-15-24-19(16-18-11-7-5-8-12-18)17(2)20(22(24)26)21(25)23(27)13-9-6-10-14-23/h5,7-8,11-12,17,19-20,27H,3-4,6,9-10,13-16H2,1-2H3/t17-,19-,20-/m0/s1. The van der Waals surface area contributed by atoms with Gasteiger partial charge in [-0.3, -0.25) is 9.59 Å². The van der Waals surface area contributed by atoms with Gasteiger partial charge in [0.05, 0.1) is 0 Å². The monoisotopic (exact) mass is 371 g/mol. The van der Waals surface area contributed by atoms with E-state index in [1.807, 2.05) is 30.0 Å². The highest BCUT2D eigenvalue weighted by Crippen LogP contribution is 2.39. The van der Waals surface area contributed by atoms with E-state index in [1.165, 1.54) is 5.56 Å². The molecule has 0 bridgehead atoms. The lowest BCUT2D eigenvalue weighted by Gasteiger charge is -2.33. The van der Waals surface area contributed by atoms with Crippen LogP contribution in [-0.4, -0.2) is 39.9 Å². The molecule has 2 aliphatic rings. The summed E-state index contributed by atoms with van der Waals surface area (Å²) in [6.07, 6.45) is 6.51. The molecule has 3 atom stereocenters. The maximum atomic E-state index is 13.3. The van der Waals surface area contributed by atoms with Crippen LogP contribution in [0.2, 0.25) is 0 Å². The number of amides is 1. The van der Waals surface area contributed by atoms with Gasteiger partial charge in [-0.15, -0.1) is 0 Å². The van der Waals surface area contributed by atoms with Crippen LogP contribution in [0, 0.1) is 11.8 Å². The van der Waals surface area contributed by atoms with Gasteiger partial charge in [0.2, 0.25) is 5.91 Å². The molecule has 1 amide bonds. The molecule has 0 radical (unpaired) electrons. The molecule has 1 heterocycles. The molecule has 1 N–H and O–H groups in total. The van der Waals surface area contributed by atoms with Crippen LogP contribution in [0.1, 0.15) is 64.4 Å². The Morgan fingerprint density at radius 1 is 1.19 bits per heavy atom. The van der Waals surface area contributed by atoms with E-state index in [0.717, 1.165) is 38.5 Å². The van der Waals surface area contributed by atoms with Crippen LogP contribution in [0.3, 0.4) is 0 Å². The summed E-state index contributed by atoms with van der Waals surface area (Å²) >= 11 is 0. The first-order valence-corrected chi connectivity index (χ1v) is 10.6. The van der Waals surface area contributed by atoms with E-state index in [-0.39, 0.29) is 23.7 Å². The van der Waals surface area contributed by atoms with Crippen LogP contribution < -0.4 is 0 Å². The van der Waals surface area contributed by atoms with Gasteiger partial charge in [-0.25, -0.2) is 0 Å². The predicted molar refractivity (Wildman–Crippen MR) is 106 cm³/mol. The third-order valence-corrected chi connectivity index (χ3v) is 6.54. The zero-order valence-electron chi connectivity index (χ0n) is 16.7. The second-order valence-corrected chi connectivity index (χ2v) is 8.44. The Hall–Kier alpha value is -1.68. The van der Waals surface area contributed by atoms with Crippen LogP contribution in [-0.2, 0) is 16.0 Å². The minimum absolute atomic E-state index is 0.0209. The molecule has 1 aromatic carbocycles. The summed E-state index contributed by atoms with van der Waals surface area (Å²) in [5.74, 6) is -1.07. The molecule has 2 fully saturated rings. The van der Waals surface area contributed by atoms with Crippen molar-refractivity contribution in [3.63, 3.8) is 0 Å². The molecule has 0 unspecified atom stereocenters. The molecule has 4 heteroatoms. The van der Waals surface area contributed by atoms with Crippen molar-refractivity contribution in [2.75, 3.05) is 6.54 Å². The molecular formula is C23H33NO3. The van der Waals surface area contributed by atoms with Crippen LogP contribution in [0.4, 0.5) is 0 Å². The molecule has 3 rings (SSSR count). The number of benzene rings is 1. The number of aliphatic hydroxyl groups is 1. The third-order valence-electron chi connectivity index (χ3n) is 6.54. The molecule has 1 aromatic rings. The third kappa shape index (κ3) is 4.11. The first kappa shape index (κ1) is 20.1. The van der Waals surface area contributed by atoms with Crippen molar-refractivity contribution in [1.29, 1.82) is 0 Å². The summed E-state index contributed by atoms with van der Waals surface area (Å²) in [6, 6.07) is 10.2. The van der Waals surface area contributed by atoms with Crippen molar-refractivity contribution < 1.29 is 14.7 Å². The normalized spacial score (nSPS) is 27.7. The lowest BCUT2D eigenvalue weighted by atomic mass is 9.74. The first-order chi connectivity index (χ1) is 13.0. The van der Waals surface area contributed by atoms with Crippen LogP contribution in [0.5, 0.6) is 0 Å². The van der Waals surface area contributed by atoms with Crippen molar-refractivity contribution in [2.24, 2.45) is 11.8 Å². The fourth-order valence-electron chi connectivity index (χ4n) is 4.85. The Kier molecular flexibility index (Phi) is 6.36. The topological polar surface area (TPSA) is 57.6 Å². The van der Waals surface area contributed by atoms with E-state index in [1.54, 1.807) is 0 Å². The Morgan fingerprint density at radius 2 is 1.85 bits per heavy atom. The number of unbranched alkanes of at least 4 members (excludes halogenated alkanes) is 1. The summed E-state index contributed by atoms with van der Waals surface area (Å²) in [7, 11) is 0. The van der Waals surface area contributed by atoms with Gasteiger partial charge >= 0.3 is 0 Å². The molecule has 1 saturated carbocycles. The van der Waals surface area contributed by atoms with E-state index in [0.29, 0.717) is 19.4 Å². The van der Waals surface area contributed by atoms with E-state index >= 15 is 0 Å². The Bertz CT molecular complexity index is 651. The lowest BCUT2D eigenvalue weighted by Crippen LogP contribution is -2.47. The number of Topliss-reactive ketones (excluding diaryl/α,β-unsaturated/α-hetero) is 1. The largest absolute Gasteiger partial charge is 0.382 e. The van der Waals surface area contributed by atoms with Crippen LogP contribution in [0.15, 0.2) is 30.3 Å². The van der Waals surface area contributed by atoms with E-state index < -0.39 is 11.5 Å². The molecule has 1 saturated heterocycles. The number of rotatable bonds is 7. The number of ketones is 1. The molecule has 4 nitrogen and oxygen atoms in total. The summed E-state index contributed by atoms with van der Waals surface area (Å²) in [5.41, 5.74) is -0.113. The van der Waals surface area contributed by atoms with E-state index in [9.17, 15) is 14.7 Å². The van der Waals surface area contributed by atoms with Gasteiger partial charge in [0, 0.05) is 12.6 Å². The van der Waals surface area contributed by atoms with Gasteiger partial charge in [-0.05, 0) is 37.2 Å².